The third-order valence-electron chi connectivity index (χ3n) is 6.07. The summed E-state index contributed by atoms with van der Waals surface area (Å²) in [6, 6.07) is 20.0. The Morgan fingerprint density at radius 1 is 0.889 bits per heavy atom. The molecule has 36 heavy (non-hydrogen) atoms. The normalized spacial score (nSPS) is 14.6. The lowest BCUT2D eigenvalue weighted by atomic mass is 9.83. The zero-order valence-electron chi connectivity index (χ0n) is 20.9. The molecule has 0 aromatic heterocycles. The van der Waals surface area contributed by atoms with E-state index in [1.807, 2.05) is 50.2 Å². The van der Waals surface area contributed by atoms with E-state index in [2.05, 4.69) is 34.5 Å². The van der Waals surface area contributed by atoms with Crippen LogP contribution < -0.4 is 10.2 Å². The molecule has 1 fully saturated rings. The summed E-state index contributed by atoms with van der Waals surface area (Å²) in [4.78, 5) is 48.9. The predicted molar refractivity (Wildman–Crippen MR) is 136 cm³/mol. The maximum absolute atomic E-state index is 13.5. The van der Waals surface area contributed by atoms with E-state index < -0.39 is 17.5 Å². The molecular weight excluding hydrogens is 462 g/mol. The Balaban J connectivity index is 0.000000678. The van der Waals surface area contributed by atoms with Crippen molar-refractivity contribution >= 4 is 29.4 Å². The van der Waals surface area contributed by atoms with Gasteiger partial charge in [-0.15, -0.1) is 0 Å². The smallest absolute Gasteiger partial charge is 0.414 e. The Bertz CT molecular complexity index is 993. The van der Waals surface area contributed by atoms with Gasteiger partial charge in [-0.05, 0) is 37.0 Å². The van der Waals surface area contributed by atoms with Gasteiger partial charge in [-0.1, -0.05) is 62.4 Å². The van der Waals surface area contributed by atoms with E-state index in [-0.39, 0.29) is 11.8 Å². The number of likely N-dealkylation sites (tertiary alicyclic amines) is 1. The lowest BCUT2D eigenvalue weighted by Gasteiger charge is -2.47. The number of anilines is 1. The van der Waals surface area contributed by atoms with Crippen LogP contribution in [0.3, 0.4) is 0 Å². The average molecular weight is 498 g/mol. The van der Waals surface area contributed by atoms with Crippen molar-refractivity contribution < 1.29 is 29.4 Å². The topological polar surface area (TPSA) is 127 Å². The molecule has 1 aliphatic rings. The second-order valence-electron chi connectivity index (χ2n) is 8.58. The second kappa shape index (κ2) is 14.0. The summed E-state index contributed by atoms with van der Waals surface area (Å²) in [7, 11) is 0. The Kier molecular flexibility index (Phi) is 11.1. The molecule has 1 aliphatic heterocycles. The van der Waals surface area contributed by atoms with Crippen LogP contribution in [0.15, 0.2) is 60.7 Å². The maximum atomic E-state index is 13.5. The first-order valence-corrected chi connectivity index (χ1v) is 12.1. The van der Waals surface area contributed by atoms with Gasteiger partial charge in [0.15, 0.2) is 0 Å². The van der Waals surface area contributed by atoms with Crippen molar-refractivity contribution in [1.29, 1.82) is 0 Å². The zero-order valence-corrected chi connectivity index (χ0v) is 20.9. The quantitative estimate of drug-likeness (QED) is 0.478. The van der Waals surface area contributed by atoms with Gasteiger partial charge in [0.05, 0.1) is 0 Å². The van der Waals surface area contributed by atoms with Gasteiger partial charge in [0.1, 0.15) is 5.54 Å². The number of piperidine rings is 1. The van der Waals surface area contributed by atoms with Gasteiger partial charge in [0.25, 0.3) is 0 Å². The molecule has 194 valence electrons. The molecule has 0 saturated carbocycles. The number of para-hydroxylation sites is 1. The minimum atomic E-state index is -1.82. The van der Waals surface area contributed by atoms with E-state index in [9.17, 15) is 9.59 Å². The van der Waals surface area contributed by atoms with Crippen molar-refractivity contribution in [1.82, 2.24) is 10.2 Å². The third-order valence-corrected chi connectivity index (χ3v) is 6.07. The lowest BCUT2D eigenvalue weighted by Crippen LogP contribution is -2.65. The first-order valence-electron chi connectivity index (χ1n) is 12.1. The summed E-state index contributed by atoms with van der Waals surface area (Å²) in [6.45, 7) is 6.93. The highest BCUT2D eigenvalue weighted by molar-refractivity contribution is 6.27. The highest BCUT2D eigenvalue weighted by atomic mass is 16.4. The zero-order chi connectivity index (χ0) is 26.6. The largest absolute Gasteiger partial charge is 0.473 e. The molecule has 1 saturated heterocycles. The monoisotopic (exact) mass is 497 g/mol. The number of carbonyl (C=O) groups excluding carboxylic acids is 2. The van der Waals surface area contributed by atoms with Crippen molar-refractivity contribution in [2.45, 2.75) is 51.6 Å². The molecule has 9 nitrogen and oxygen atoms in total. The first-order chi connectivity index (χ1) is 17.2. The molecule has 2 aromatic carbocycles. The highest BCUT2D eigenvalue weighted by Gasteiger charge is 2.48. The van der Waals surface area contributed by atoms with Crippen LogP contribution in [0.25, 0.3) is 0 Å². The number of carboxylic acid groups (broad SMARTS) is 2. The Morgan fingerprint density at radius 2 is 1.42 bits per heavy atom. The molecule has 0 spiro atoms. The second-order valence-corrected chi connectivity index (χ2v) is 8.58. The average Bonchev–Trinajstić information content (AvgIpc) is 2.89. The minimum absolute atomic E-state index is 0.00985. The minimum Gasteiger partial charge on any atom is -0.473 e. The number of nitrogens with zero attached hydrogens (tertiary/aromatic N) is 2. The Morgan fingerprint density at radius 3 is 1.89 bits per heavy atom. The summed E-state index contributed by atoms with van der Waals surface area (Å²) in [5, 5.41) is 17.9. The molecule has 1 heterocycles. The molecule has 0 atom stereocenters. The van der Waals surface area contributed by atoms with E-state index in [0.717, 1.165) is 31.7 Å². The Hall–Kier alpha value is -3.72. The van der Waals surface area contributed by atoms with Crippen LogP contribution in [0.5, 0.6) is 0 Å². The van der Waals surface area contributed by atoms with Gasteiger partial charge in [0.2, 0.25) is 11.8 Å². The number of hydrogen-bond acceptors (Lipinski definition) is 5. The standard InChI is InChI=1S/C25H33N3O2.C2H2O4/c1-3-17-26-24(30)25(28(23(29)4-2)22-13-9-6-10-14-22)15-18-27(19-16-25)20-21-11-7-5-8-12-21;3-1(4)2(5)6/h5-14H,3-4,15-20H2,1-2H3,(H,26,30);(H,3,4)(H,5,6). The fourth-order valence-corrected chi connectivity index (χ4v) is 4.24. The number of aliphatic carboxylic acids is 2. The van der Waals surface area contributed by atoms with Crippen LogP contribution >= 0.6 is 0 Å². The number of carbonyl (C=O) groups is 4. The number of hydrogen-bond donors (Lipinski definition) is 3. The van der Waals surface area contributed by atoms with Gasteiger partial charge >= 0.3 is 11.9 Å². The van der Waals surface area contributed by atoms with Crippen molar-refractivity contribution in [2.75, 3.05) is 24.5 Å². The molecule has 9 heteroatoms. The molecule has 3 N–H and O–H groups in total. The van der Waals surface area contributed by atoms with Crippen LogP contribution in [0.2, 0.25) is 0 Å². The summed E-state index contributed by atoms with van der Waals surface area (Å²) >= 11 is 0. The van der Waals surface area contributed by atoms with Crippen LogP contribution in [0, 0.1) is 0 Å². The Labute approximate surface area is 211 Å². The summed E-state index contributed by atoms with van der Waals surface area (Å²) in [6.07, 6.45) is 2.48. The van der Waals surface area contributed by atoms with Crippen molar-refractivity contribution in [3.63, 3.8) is 0 Å². The van der Waals surface area contributed by atoms with E-state index in [4.69, 9.17) is 19.8 Å². The molecule has 2 amide bonds. The SMILES string of the molecule is CCCNC(=O)C1(N(C(=O)CC)c2ccccc2)CCN(Cc2ccccc2)CC1.O=C(O)C(=O)O. The van der Waals surface area contributed by atoms with Crippen LogP contribution in [-0.2, 0) is 25.7 Å². The molecule has 0 unspecified atom stereocenters. The van der Waals surface area contributed by atoms with E-state index in [0.29, 0.717) is 25.8 Å². The predicted octanol–water partition coefficient (Wildman–Crippen LogP) is 3.15. The number of amides is 2. The van der Waals surface area contributed by atoms with E-state index in [1.165, 1.54) is 5.56 Å². The fourth-order valence-electron chi connectivity index (χ4n) is 4.24. The maximum Gasteiger partial charge on any atom is 0.414 e. The third kappa shape index (κ3) is 7.64. The number of nitrogens with one attached hydrogen (secondary N) is 1. The molecule has 3 rings (SSSR count). The molecular formula is C27H35N3O6. The number of benzene rings is 2. The lowest BCUT2D eigenvalue weighted by molar-refractivity contribution is -0.159. The van der Waals surface area contributed by atoms with Gasteiger partial charge in [-0.2, -0.15) is 0 Å². The van der Waals surface area contributed by atoms with Gasteiger partial charge in [0, 0.05) is 38.3 Å². The van der Waals surface area contributed by atoms with Crippen molar-refractivity contribution in [3.8, 4) is 0 Å². The van der Waals surface area contributed by atoms with Gasteiger partial charge < -0.3 is 15.5 Å². The van der Waals surface area contributed by atoms with Crippen molar-refractivity contribution in [2.24, 2.45) is 0 Å². The first kappa shape index (κ1) is 28.5. The van der Waals surface area contributed by atoms with Crippen molar-refractivity contribution in [3.05, 3.63) is 66.2 Å². The van der Waals surface area contributed by atoms with Crippen LogP contribution in [0.4, 0.5) is 5.69 Å². The van der Waals surface area contributed by atoms with Crippen LogP contribution in [0.1, 0.15) is 45.1 Å². The van der Waals surface area contributed by atoms with E-state index in [1.54, 1.807) is 4.90 Å². The molecule has 2 aromatic rings. The summed E-state index contributed by atoms with van der Waals surface area (Å²) in [5.41, 5.74) is 1.22. The highest BCUT2D eigenvalue weighted by Crippen LogP contribution is 2.35. The van der Waals surface area contributed by atoms with Crippen LogP contribution in [-0.4, -0.2) is 64.0 Å². The number of rotatable bonds is 8. The molecule has 0 radical (unpaired) electrons. The van der Waals surface area contributed by atoms with E-state index >= 15 is 0 Å². The van der Waals surface area contributed by atoms with Gasteiger partial charge in [-0.3, -0.25) is 19.4 Å². The molecule has 0 aliphatic carbocycles. The van der Waals surface area contributed by atoms with Gasteiger partial charge in [-0.25, -0.2) is 9.59 Å². The number of carboxylic acids is 2. The summed E-state index contributed by atoms with van der Waals surface area (Å²) < 4.78 is 0. The fraction of sp³-hybridized carbons (Fsp3) is 0.407. The molecule has 0 bridgehead atoms. The summed E-state index contributed by atoms with van der Waals surface area (Å²) in [5.74, 6) is -3.69.